The third-order valence-corrected chi connectivity index (χ3v) is 4.85. The highest BCUT2D eigenvalue weighted by atomic mass is 79.9. The summed E-state index contributed by atoms with van der Waals surface area (Å²) in [6, 6.07) is 0. The molecule has 2 nitrogen and oxygen atoms in total. The minimum Gasteiger partial charge on any atom is -0.371 e. The Kier molecular flexibility index (Phi) is 6.37. The molecular weight excluding hydrogens is 372 g/mol. The van der Waals surface area contributed by atoms with Gasteiger partial charge >= 0.3 is 0 Å². The van der Waals surface area contributed by atoms with Crippen LogP contribution in [0, 0.1) is 0 Å². The van der Waals surface area contributed by atoms with E-state index in [2.05, 4.69) is 56.7 Å². The third kappa shape index (κ3) is 4.30. The Hall–Kier alpha value is 0.140. The van der Waals surface area contributed by atoms with Crippen molar-refractivity contribution < 1.29 is 9.47 Å². The molecule has 1 fully saturated rings. The number of rotatable bonds is 2. The number of alkyl halides is 1. The summed E-state index contributed by atoms with van der Waals surface area (Å²) in [6.45, 7) is 2.18. The topological polar surface area (TPSA) is 18.5 Å². The number of allylic oxidation sites excluding steroid dienone is 1. The van der Waals surface area contributed by atoms with Crippen LogP contribution in [0.5, 0.6) is 0 Å². The fourth-order valence-corrected chi connectivity index (χ4v) is 3.49. The summed E-state index contributed by atoms with van der Waals surface area (Å²) in [5.41, 5.74) is 3.04. The Morgan fingerprint density at radius 2 is 2.05 bits per heavy atom. The fourth-order valence-electron chi connectivity index (χ4n) is 2.62. The van der Waals surface area contributed by atoms with Gasteiger partial charge in [-0.25, -0.2) is 0 Å². The van der Waals surface area contributed by atoms with E-state index in [1.807, 2.05) is 6.08 Å². The molecule has 19 heavy (non-hydrogen) atoms. The molecule has 106 valence electrons. The van der Waals surface area contributed by atoms with E-state index in [9.17, 15) is 0 Å². The van der Waals surface area contributed by atoms with E-state index in [0.29, 0.717) is 4.83 Å². The summed E-state index contributed by atoms with van der Waals surface area (Å²) in [5.74, 6) is 0. The highest BCUT2D eigenvalue weighted by Crippen LogP contribution is 2.31. The second-order valence-electron chi connectivity index (χ2n) is 4.97. The van der Waals surface area contributed by atoms with Crippen molar-refractivity contribution in [3.05, 3.63) is 28.9 Å². The lowest BCUT2D eigenvalue weighted by atomic mass is 10.1. The summed E-state index contributed by atoms with van der Waals surface area (Å²) in [5, 5.41) is 0. The lowest BCUT2D eigenvalue weighted by molar-refractivity contribution is -0.0522. The van der Waals surface area contributed by atoms with Crippen molar-refractivity contribution in [1.82, 2.24) is 0 Å². The first-order valence-corrected chi connectivity index (χ1v) is 8.69. The van der Waals surface area contributed by atoms with Crippen molar-refractivity contribution in [3.63, 3.8) is 0 Å². The number of halogens is 2. The van der Waals surface area contributed by atoms with Crippen LogP contribution in [0.4, 0.5) is 0 Å². The molecule has 0 aromatic heterocycles. The summed E-state index contributed by atoms with van der Waals surface area (Å²) >= 11 is 6.97. The molecule has 4 heteroatoms. The van der Waals surface area contributed by atoms with Crippen LogP contribution in [0.15, 0.2) is 28.9 Å². The van der Waals surface area contributed by atoms with Crippen LogP contribution in [-0.4, -0.2) is 29.2 Å². The summed E-state index contributed by atoms with van der Waals surface area (Å²) in [4.78, 5) is 2.12. The molecule has 1 saturated heterocycles. The van der Waals surface area contributed by atoms with Gasteiger partial charge in [-0.15, -0.1) is 5.73 Å². The number of ether oxygens (including phenoxy) is 2. The lowest BCUT2D eigenvalue weighted by Crippen LogP contribution is -2.32. The maximum Gasteiger partial charge on any atom is 0.0880 e. The highest BCUT2D eigenvalue weighted by molar-refractivity contribution is 9.11. The van der Waals surface area contributed by atoms with Gasteiger partial charge in [-0.05, 0) is 25.3 Å². The van der Waals surface area contributed by atoms with E-state index in [0.717, 1.165) is 25.7 Å². The largest absolute Gasteiger partial charge is 0.371 e. The van der Waals surface area contributed by atoms with Gasteiger partial charge in [-0.3, -0.25) is 0 Å². The first-order chi connectivity index (χ1) is 9.24. The zero-order valence-electron chi connectivity index (χ0n) is 11.1. The minimum absolute atomic E-state index is 0.114. The Morgan fingerprint density at radius 3 is 2.79 bits per heavy atom. The molecule has 0 aliphatic carbocycles. The van der Waals surface area contributed by atoms with Gasteiger partial charge in [-0.1, -0.05) is 50.9 Å². The molecular formula is C15H20Br2O2. The maximum absolute atomic E-state index is 6.29. The van der Waals surface area contributed by atoms with Crippen molar-refractivity contribution in [2.45, 2.75) is 61.9 Å². The summed E-state index contributed by atoms with van der Waals surface area (Å²) in [7, 11) is 0. The Balaban J connectivity index is 2.08. The van der Waals surface area contributed by atoms with E-state index in [-0.39, 0.29) is 24.4 Å². The smallest absolute Gasteiger partial charge is 0.0880 e. The number of hydrogen-bond donors (Lipinski definition) is 0. The second-order valence-corrected chi connectivity index (χ2v) is 6.61. The first kappa shape index (κ1) is 15.5. The molecule has 0 unspecified atom stereocenters. The van der Waals surface area contributed by atoms with Crippen LogP contribution in [-0.2, 0) is 9.47 Å². The molecule has 2 aliphatic rings. The normalized spacial score (nSPS) is 38.6. The van der Waals surface area contributed by atoms with Gasteiger partial charge in [0, 0.05) is 16.2 Å². The third-order valence-electron chi connectivity index (χ3n) is 3.63. The van der Waals surface area contributed by atoms with Crippen LogP contribution in [0.1, 0.15) is 32.6 Å². The molecule has 0 amide bonds. The SMILES string of the molecule is CC[C@H]1O[C@@H]2C[C@@H](C=C=CBr)O[C@@H]2CC=CC[C@@H]1Br. The van der Waals surface area contributed by atoms with Crippen LogP contribution < -0.4 is 0 Å². The van der Waals surface area contributed by atoms with E-state index in [1.54, 1.807) is 4.99 Å². The predicted molar refractivity (Wildman–Crippen MR) is 84.9 cm³/mol. The van der Waals surface area contributed by atoms with Crippen LogP contribution in [0.3, 0.4) is 0 Å². The second kappa shape index (κ2) is 7.80. The minimum atomic E-state index is 0.114. The first-order valence-electron chi connectivity index (χ1n) is 6.85. The molecule has 2 rings (SSSR count). The van der Waals surface area contributed by atoms with Gasteiger partial charge in [-0.2, -0.15) is 0 Å². The van der Waals surface area contributed by atoms with Gasteiger partial charge in [0.05, 0.1) is 24.4 Å². The van der Waals surface area contributed by atoms with Gasteiger partial charge in [0.2, 0.25) is 0 Å². The standard InChI is InChI=1S/C15H20Br2O2/c1-2-13-12(17)7-3-4-8-14-15(19-13)10-11(18-14)6-5-9-16/h3-4,6,9,11-15H,2,7-8,10H2,1H3/t5?,11-,12+,13-,14-,15-/m1/s1. The Morgan fingerprint density at radius 1 is 1.26 bits per heavy atom. The average Bonchev–Trinajstić information content (AvgIpc) is 2.81. The summed E-state index contributed by atoms with van der Waals surface area (Å²) in [6.07, 6.45) is 11.0. The van der Waals surface area contributed by atoms with Gasteiger partial charge in [0.15, 0.2) is 0 Å². The van der Waals surface area contributed by atoms with Crippen molar-refractivity contribution in [1.29, 1.82) is 0 Å². The Labute approximate surface area is 132 Å². The van der Waals surface area contributed by atoms with Crippen LogP contribution >= 0.6 is 31.9 Å². The predicted octanol–water partition coefficient (Wildman–Crippen LogP) is 4.48. The molecule has 0 N–H and O–H groups in total. The van der Waals surface area contributed by atoms with Crippen molar-refractivity contribution >= 4 is 31.9 Å². The highest BCUT2D eigenvalue weighted by Gasteiger charge is 2.37. The molecule has 2 heterocycles. The molecule has 0 radical (unpaired) electrons. The molecule has 0 aromatic carbocycles. The number of hydrogen-bond acceptors (Lipinski definition) is 2. The molecule has 2 aliphatic heterocycles. The van der Waals surface area contributed by atoms with Gasteiger partial charge in [0.1, 0.15) is 0 Å². The zero-order chi connectivity index (χ0) is 13.7. The molecule has 0 spiro atoms. The molecule has 5 atom stereocenters. The van der Waals surface area contributed by atoms with E-state index >= 15 is 0 Å². The summed E-state index contributed by atoms with van der Waals surface area (Å²) < 4.78 is 12.3. The molecule has 0 bridgehead atoms. The van der Waals surface area contributed by atoms with Crippen LogP contribution in [0.2, 0.25) is 0 Å². The Bertz CT molecular complexity index is 374. The van der Waals surface area contributed by atoms with E-state index < -0.39 is 0 Å². The average molecular weight is 392 g/mol. The van der Waals surface area contributed by atoms with Crippen molar-refractivity contribution in [3.8, 4) is 0 Å². The van der Waals surface area contributed by atoms with Crippen molar-refractivity contribution in [2.75, 3.05) is 0 Å². The monoisotopic (exact) mass is 390 g/mol. The fraction of sp³-hybridized carbons (Fsp3) is 0.667. The van der Waals surface area contributed by atoms with Crippen molar-refractivity contribution in [2.24, 2.45) is 0 Å². The quantitative estimate of drug-likeness (QED) is 0.392. The van der Waals surface area contributed by atoms with Crippen LogP contribution in [0.25, 0.3) is 0 Å². The van der Waals surface area contributed by atoms with Gasteiger partial charge < -0.3 is 9.47 Å². The van der Waals surface area contributed by atoms with E-state index in [4.69, 9.17) is 9.47 Å². The van der Waals surface area contributed by atoms with E-state index in [1.165, 1.54) is 0 Å². The number of fused-ring (bicyclic) bond motifs is 1. The zero-order valence-corrected chi connectivity index (χ0v) is 14.3. The molecule has 0 saturated carbocycles. The van der Waals surface area contributed by atoms with Gasteiger partial charge in [0.25, 0.3) is 0 Å². The molecule has 0 aromatic rings. The maximum atomic E-state index is 6.29. The lowest BCUT2D eigenvalue weighted by Gasteiger charge is -2.26.